The van der Waals surface area contributed by atoms with E-state index in [1.165, 1.54) is 7.11 Å². The summed E-state index contributed by atoms with van der Waals surface area (Å²) in [6.45, 7) is 3.67. The van der Waals surface area contributed by atoms with Crippen LogP contribution in [0.25, 0.3) is 16.9 Å². The van der Waals surface area contributed by atoms with Gasteiger partial charge in [0.1, 0.15) is 11.5 Å². The first-order chi connectivity index (χ1) is 14.3. The van der Waals surface area contributed by atoms with Gasteiger partial charge in [0, 0.05) is 5.56 Å². The van der Waals surface area contributed by atoms with E-state index < -0.39 is 11.9 Å². The number of hydrogen-bond donors (Lipinski definition) is 1. The van der Waals surface area contributed by atoms with E-state index in [-0.39, 0.29) is 5.69 Å². The molecule has 0 fully saturated rings. The highest BCUT2D eigenvalue weighted by Crippen LogP contribution is 2.40. The highest BCUT2D eigenvalue weighted by molar-refractivity contribution is 5.95. The Hall–Kier alpha value is -3.81. The van der Waals surface area contributed by atoms with E-state index in [2.05, 4.69) is 5.10 Å². The summed E-state index contributed by atoms with van der Waals surface area (Å²) in [6, 6.07) is 10.4. The molecule has 8 heteroatoms. The van der Waals surface area contributed by atoms with Gasteiger partial charge in [-0.25, -0.2) is 9.48 Å². The zero-order valence-electron chi connectivity index (χ0n) is 17.5. The largest absolute Gasteiger partial charge is 0.496 e. The minimum absolute atomic E-state index is 0.122. The lowest BCUT2D eigenvalue weighted by Gasteiger charge is -2.17. The summed E-state index contributed by atoms with van der Waals surface area (Å²) in [6.07, 6.45) is 0. The summed E-state index contributed by atoms with van der Waals surface area (Å²) in [5.74, 6) is 0.0153. The molecule has 8 nitrogen and oxygen atoms in total. The van der Waals surface area contributed by atoms with Crippen molar-refractivity contribution < 1.29 is 23.8 Å². The van der Waals surface area contributed by atoms with Gasteiger partial charge >= 0.3 is 5.97 Å². The lowest BCUT2D eigenvalue weighted by molar-refractivity contribution is 0.0593. The molecule has 0 atom stereocenters. The molecular weight excluding hydrogens is 386 g/mol. The summed E-state index contributed by atoms with van der Waals surface area (Å²) in [7, 11) is 4.40. The zero-order valence-corrected chi connectivity index (χ0v) is 17.5. The predicted molar refractivity (Wildman–Crippen MR) is 111 cm³/mol. The van der Waals surface area contributed by atoms with E-state index in [9.17, 15) is 9.59 Å². The Kier molecular flexibility index (Phi) is 5.77. The second-order valence-electron chi connectivity index (χ2n) is 6.60. The first kappa shape index (κ1) is 20.9. The van der Waals surface area contributed by atoms with Gasteiger partial charge in [-0.3, -0.25) is 4.79 Å². The number of carbonyl (C=O) groups excluding carboxylic acids is 2. The normalized spacial score (nSPS) is 10.6. The average Bonchev–Trinajstić information content (AvgIpc) is 3.18. The Morgan fingerprint density at radius 1 is 0.967 bits per heavy atom. The fourth-order valence-electron chi connectivity index (χ4n) is 3.35. The van der Waals surface area contributed by atoms with Crippen LogP contribution < -0.4 is 15.2 Å². The van der Waals surface area contributed by atoms with Crippen LogP contribution in [0.3, 0.4) is 0 Å². The number of amides is 1. The average molecular weight is 409 g/mol. The Bertz CT molecular complexity index is 1110. The highest BCUT2D eigenvalue weighted by atomic mass is 16.5. The van der Waals surface area contributed by atoms with Gasteiger partial charge in [0.05, 0.1) is 38.3 Å². The van der Waals surface area contributed by atoms with Gasteiger partial charge in [-0.15, -0.1) is 0 Å². The Morgan fingerprint density at radius 3 is 2.13 bits per heavy atom. The molecule has 156 valence electrons. The number of methoxy groups -OCH3 is 3. The number of nitrogens with two attached hydrogens (primary N) is 1. The minimum Gasteiger partial charge on any atom is -0.496 e. The quantitative estimate of drug-likeness (QED) is 0.627. The van der Waals surface area contributed by atoms with Crippen molar-refractivity contribution in [2.45, 2.75) is 13.8 Å². The van der Waals surface area contributed by atoms with Crippen LogP contribution >= 0.6 is 0 Å². The lowest BCUT2D eigenvalue weighted by atomic mass is 10.0. The van der Waals surface area contributed by atoms with Crippen LogP contribution in [-0.2, 0) is 4.74 Å². The van der Waals surface area contributed by atoms with E-state index in [0.29, 0.717) is 34.0 Å². The molecule has 0 saturated carbocycles. The van der Waals surface area contributed by atoms with Crippen molar-refractivity contribution >= 4 is 11.9 Å². The van der Waals surface area contributed by atoms with Crippen LogP contribution in [0.2, 0.25) is 0 Å². The third-order valence-electron chi connectivity index (χ3n) is 5.04. The number of hydrogen-bond acceptors (Lipinski definition) is 6. The van der Waals surface area contributed by atoms with Crippen LogP contribution in [-0.4, -0.2) is 43.0 Å². The molecule has 2 N–H and O–H groups in total. The van der Waals surface area contributed by atoms with Crippen LogP contribution in [0.15, 0.2) is 36.4 Å². The number of ether oxygens (including phenoxy) is 3. The smallest absolute Gasteiger partial charge is 0.358 e. The number of rotatable bonds is 6. The zero-order chi connectivity index (χ0) is 22.0. The van der Waals surface area contributed by atoms with Gasteiger partial charge in [-0.05, 0) is 55.3 Å². The fraction of sp³-hybridized carbons (Fsp3) is 0.227. The molecule has 2 aromatic carbocycles. The van der Waals surface area contributed by atoms with E-state index in [4.69, 9.17) is 19.9 Å². The van der Waals surface area contributed by atoms with Crippen molar-refractivity contribution in [3.63, 3.8) is 0 Å². The molecular formula is C22H23N3O5. The molecule has 3 rings (SSSR count). The van der Waals surface area contributed by atoms with Crippen LogP contribution in [0.5, 0.6) is 11.5 Å². The maximum atomic E-state index is 12.2. The third-order valence-corrected chi connectivity index (χ3v) is 5.04. The summed E-state index contributed by atoms with van der Waals surface area (Å²) >= 11 is 0. The van der Waals surface area contributed by atoms with Gasteiger partial charge in [-0.1, -0.05) is 6.07 Å². The molecule has 0 unspecified atom stereocenters. The molecule has 0 aliphatic carbocycles. The number of nitrogens with zero attached hydrogens (tertiary/aromatic N) is 2. The van der Waals surface area contributed by atoms with Crippen LogP contribution in [0, 0.1) is 13.8 Å². The second kappa shape index (κ2) is 8.28. The maximum Gasteiger partial charge on any atom is 0.358 e. The van der Waals surface area contributed by atoms with Crippen molar-refractivity contribution in [3.05, 3.63) is 58.8 Å². The van der Waals surface area contributed by atoms with Crippen molar-refractivity contribution in [2.75, 3.05) is 21.3 Å². The Labute approximate surface area is 174 Å². The number of benzene rings is 2. The van der Waals surface area contributed by atoms with Gasteiger partial charge in [0.2, 0.25) is 5.91 Å². The summed E-state index contributed by atoms with van der Waals surface area (Å²) < 4.78 is 17.5. The SMILES string of the molecule is COC(=O)c1cc(-c2c(OC)cccc2OC)n(-c2ccc(C(N)=O)c(C)c2C)n1. The van der Waals surface area contributed by atoms with Gasteiger partial charge in [-0.2, -0.15) is 5.10 Å². The molecule has 1 amide bonds. The Morgan fingerprint density at radius 2 is 1.60 bits per heavy atom. The summed E-state index contributed by atoms with van der Waals surface area (Å²) in [5.41, 5.74) is 9.41. The van der Waals surface area contributed by atoms with Gasteiger partial charge < -0.3 is 19.9 Å². The third kappa shape index (κ3) is 3.47. The first-order valence-corrected chi connectivity index (χ1v) is 9.14. The van der Waals surface area contributed by atoms with Crippen molar-refractivity contribution in [3.8, 4) is 28.4 Å². The number of primary amides is 1. The molecule has 0 aliphatic rings. The molecule has 0 saturated heterocycles. The van der Waals surface area contributed by atoms with Gasteiger partial charge in [0.25, 0.3) is 0 Å². The molecule has 0 spiro atoms. The second-order valence-corrected chi connectivity index (χ2v) is 6.60. The van der Waals surface area contributed by atoms with Gasteiger partial charge in [0.15, 0.2) is 5.69 Å². The van der Waals surface area contributed by atoms with Crippen molar-refractivity contribution in [1.82, 2.24) is 9.78 Å². The predicted octanol–water partition coefficient (Wildman–Crippen LogP) is 3.06. The van der Waals surface area contributed by atoms with Crippen LogP contribution in [0.4, 0.5) is 0 Å². The molecule has 0 radical (unpaired) electrons. The number of esters is 1. The minimum atomic E-state index is -0.577. The molecule has 1 heterocycles. The molecule has 0 aliphatic heterocycles. The van der Waals surface area contributed by atoms with E-state index in [0.717, 1.165) is 11.1 Å². The molecule has 3 aromatic rings. The number of aromatic nitrogens is 2. The van der Waals surface area contributed by atoms with Crippen molar-refractivity contribution in [1.29, 1.82) is 0 Å². The molecule has 30 heavy (non-hydrogen) atoms. The first-order valence-electron chi connectivity index (χ1n) is 9.14. The summed E-state index contributed by atoms with van der Waals surface area (Å²) in [5, 5.41) is 4.47. The van der Waals surface area contributed by atoms with E-state index >= 15 is 0 Å². The summed E-state index contributed by atoms with van der Waals surface area (Å²) in [4.78, 5) is 23.9. The van der Waals surface area contributed by atoms with Crippen LogP contribution in [0.1, 0.15) is 32.0 Å². The molecule has 1 aromatic heterocycles. The van der Waals surface area contributed by atoms with Crippen molar-refractivity contribution in [2.24, 2.45) is 5.73 Å². The fourth-order valence-corrected chi connectivity index (χ4v) is 3.35. The van der Waals surface area contributed by atoms with E-state index in [1.807, 2.05) is 13.8 Å². The highest BCUT2D eigenvalue weighted by Gasteiger charge is 2.24. The van der Waals surface area contributed by atoms with E-state index in [1.54, 1.807) is 55.3 Å². The lowest BCUT2D eigenvalue weighted by Crippen LogP contribution is -2.15. The topological polar surface area (TPSA) is 106 Å². The molecule has 0 bridgehead atoms. The number of carbonyl (C=O) groups is 2. The standard InChI is InChI=1S/C22H23N3O5/c1-12-13(2)16(10-9-14(12)21(23)26)25-17(11-15(24-25)22(27)30-5)20-18(28-3)7-6-8-19(20)29-4/h6-11H,1-5H3,(H2,23,26). The monoisotopic (exact) mass is 409 g/mol. The maximum absolute atomic E-state index is 12.2. The Balaban J connectivity index is 2.36.